The number of hydrogen-bond donors (Lipinski definition) is 2. The molecule has 0 saturated carbocycles. The van der Waals surface area contributed by atoms with Gasteiger partial charge in [0.05, 0.1) is 23.6 Å². The molecule has 0 aliphatic heterocycles. The van der Waals surface area contributed by atoms with Crippen molar-refractivity contribution in [1.29, 1.82) is 0 Å². The zero-order chi connectivity index (χ0) is 16.3. The van der Waals surface area contributed by atoms with Gasteiger partial charge in [-0.15, -0.1) is 0 Å². The minimum atomic E-state index is -4.45. The lowest BCUT2D eigenvalue weighted by molar-refractivity contribution is -0.137. The SMILES string of the molecule is Cc1ncc(CO)c(C=Nc2cccc(C(F)(F)F)c2)c1O. The fraction of sp³-hybridized carbons (Fsp3) is 0.200. The summed E-state index contributed by atoms with van der Waals surface area (Å²) in [6.45, 7) is 1.20. The molecule has 0 aliphatic carbocycles. The molecule has 0 saturated heterocycles. The molecule has 2 rings (SSSR count). The van der Waals surface area contributed by atoms with Crippen molar-refractivity contribution in [1.82, 2.24) is 4.98 Å². The molecule has 116 valence electrons. The van der Waals surface area contributed by atoms with Crippen LogP contribution in [0, 0.1) is 6.92 Å². The van der Waals surface area contributed by atoms with Crippen LogP contribution in [-0.4, -0.2) is 21.4 Å². The average molecular weight is 310 g/mol. The van der Waals surface area contributed by atoms with Crippen molar-refractivity contribution in [3.63, 3.8) is 0 Å². The van der Waals surface area contributed by atoms with Gasteiger partial charge in [-0.2, -0.15) is 13.2 Å². The van der Waals surface area contributed by atoms with Crippen molar-refractivity contribution in [3.05, 3.63) is 52.8 Å². The van der Waals surface area contributed by atoms with Crippen LogP contribution in [0.4, 0.5) is 18.9 Å². The number of benzene rings is 1. The van der Waals surface area contributed by atoms with Gasteiger partial charge in [-0.1, -0.05) is 6.07 Å². The van der Waals surface area contributed by atoms with Gasteiger partial charge in [0, 0.05) is 23.5 Å². The number of halogens is 3. The molecule has 0 fully saturated rings. The molecule has 2 aromatic rings. The van der Waals surface area contributed by atoms with Gasteiger partial charge < -0.3 is 10.2 Å². The molecule has 0 spiro atoms. The molecule has 0 amide bonds. The van der Waals surface area contributed by atoms with Crippen LogP contribution in [0.15, 0.2) is 35.5 Å². The van der Waals surface area contributed by atoms with Crippen LogP contribution in [0.1, 0.15) is 22.4 Å². The van der Waals surface area contributed by atoms with Gasteiger partial charge in [-0.25, -0.2) is 0 Å². The van der Waals surface area contributed by atoms with Crippen molar-refractivity contribution < 1.29 is 23.4 Å². The number of hydrogen-bond acceptors (Lipinski definition) is 4. The van der Waals surface area contributed by atoms with E-state index in [1.54, 1.807) is 6.92 Å². The highest BCUT2D eigenvalue weighted by molar-refractivity contribution is 5.87. The van der Waals surface area contributed by atoms with E-state index in [-0.39, 0.29) is 23.6 Å². The molecule has 0 atom stereocenters. The van der Waals surface area contributed by atoms with Crippen molar-refractivity contribution in [3.8, 4) is 5.75 Å². The minimum Gasteiger partial charge on any atom is -0.505 e. The molecule has 0 unspecified atom stereocenters. The molecule has 4 nitrogen and oxygen atoms in total. The predicted molar refractivity (Wildman–Crippen MR) is 75.3 cm³/mol. The minimum absolute atomic E-state index is 0.0904. The summed E-state index contributed by atoms with van der Waals surface area (Å²) in [6.07, 6.45) is -1.86. The van der Waals surface area contributed by atoms with E-state index in [2.05, 4.69) is 9.98 Å². The van der Waals surface area contributed by atoms with Crippen LogP contribution in [0.5, 0.6) is 5.75 Å². The highest BCUT2D eigenvalue weighted by Gasteiger charge is 2.30. The standard InChI is InChI=1S/C15H13F3N2O2/c1-9-14(22)13(10(8-21)6-19-9)7-20-12-4-2-3-11(5-12)15(16,17)18/h2-7,21-22H,8H2,1H3. The summed E-state index contributed by atoms with van der Waals surface area (Å²) >= 11 is 0. The smallest absolute Gasteiger partial charge is 0.416 e. The second-order valence-corrected chi connectivity index (χ2v) is 4.60. The Labute approximate surface area is 124 Å². The monoisotopic (exact) mass is 310 g/mol. The van der Waals surface area contributed by atoms with Gasteiger partial charge in [0.15, 0.2) is 0 Å². The van der Waals surface area contributed by atoms with Crippen molar-refractivity contribution in [2.45, 2.75) is 19.7 Å². The van der Waals surface area contributed by atoms with Crippen molar-refractivity contribution >= 4 is 11.9 Å². The first-order valence-electron chi connectivity index (χ1n) is 6.32. The lowest BCUT2D eigenvalue weighted by Gasteiger charge is -2.08. The highest BCUT2D eigenvalue weighted by Crippen LogP contribution is 2.31. The van der Waals surface area contributed by atoms with E-state index in [1.165, 1.54) is 24.5 Å². The van der Waals surface area contributed by atoms with Crippen molar-refractivity contribution in [2.75, 3.05) is 0 Å². The summed E-state index contributed by atoms with van der Waals surface area (Å²) in [7, 11) is 0. The summed E-state index contributed by atoms with van der Waals surface area (Å²) in [5, 5.41) is 19.1. The molecule has 0 radical (unpaired) electrons. The fourth-order valence-corrected chi connectivity index (χ4v) is 1.82. The van der Waals surface area contributed by atoms with Crippen LogP contribution in [-0.2, 0) is 12.8 Å². The fourth-order valence-electron chi connectivity index (χ4n) is 1.82. The van der Waals surface area contributed by atoms with Crippen LogP contribution >= 0.6 is 0 Å². The molecule has 1 aromatic heterocycles. The summed E-state index contributed by atoms with van der Waals surface area (Å²) < 4.78 is 37.9. The Morgan fingerprint density at radius 1 is 1.32 bits per heavy atom. The molecular weight excluding hydrogens is 297 g/mol. The highest BCUT2D eigenvalue weighted by atomic mass is 19.4. The average Bonchev–Trinajstić information content (AvgIpc) is 2.48. The van der Waals surface area contributed by atoms with E-state index < -0.39 is 11.7 Å². The van der Waals surface area contributed by atoms with E-state index in [9.17, 15) is 23.4 Å². The molecular formula is C15H13F3N2O2. The van der Waals surface area contributed by atoms with Crippen LogP contribution in [0.25, 0.3) is 0 Å². The maximum Gasteiger partial charge on any atom is 0.416 e. The molecule has 0 bridgehead atoms. The van der Waals surface area contributed by atoms with E-state index in [0.29, 0.717) is 11.3 Å². The second-order valence-electron chi connectivity index (χ2n) is 4.60. The topological polar surface area (TPSA) is 65.7 Å². The van der Waals surface area contributed by atoms with E-state index >= 15 is 0 Å². The molecule has 22 heavy (non-hydrogen) atoms. The first kappa shape index (κ1) is 16.0. The zero-order valence-electron chi connectivity index (χ0n) is 11.6. The third kappa shape index (κ3) is 3.43. The Morgan fingerprint density at radius 2 is 2.05 bits per heavy atom. The first-order chi connectivity index (χ1) is 10.3. The first-order valence-corrected chi connectivity index (χ1v) is 6.32. The van der Waals surface area contributed by atoms with Gasteiger partial charge in [-0.3, -0.25) is 9.98 Å². The van der Waals surface area contributed by atoms with Crippen LogP contribution in [0.2, 0.25) is 0 Å². The third-order valence-corrected chi connectivity index (χ3v) is 3.04. The molecule has 0 aliphatic rings. The Hall–Kier alpha value is -2.41. The summed E-state index contributed by atoms with van der Waals surface area (Å²) in [4.78, 5) is 7.83. The summed E-state index contributed by atoms with van der Waals surface area (Å²) in [6, 6.07) is 4.52. The largest absolute Gasteiger partial charge is 0.505 e. The Balaban J connectivity index is 2.39. The lowest BCUT2D eigenvalue weighted by atomic mass is 10.1. The molecule has 7 heteroatoms. The third-order valence-electron chi connectivity index (χ3n) is 3.04. The number of aromatic hydroxyl groups is 1. The Morgan fingerprint density at radius 3 is 2.68 bits per heavy atom. The maximum atomic E-state index is 12.6. The maximum absolute atomic E-state index is 12.6. The normalized spacial score (nSPS) is 12.0. The number of aliphatic hydroxyl groups is 1. The van der Waals surface area contributed by atoms with Crippen LogP contribution in [0.3, 0.4) is 0 Å². The van der Waals surface area contributed by atoms with Gasteiger partial charge in [0.1, 0.15) is 5.75 Å². The number of aliphatic imine (C=N–C) groups is 1. The lowest BCUT2D eigenvalue weighted by Crippen LogP contribution is -2.03. The number of alkyl halides is 3. The van der Waals surface area contributed by atoms with E-state index in [1.807, 2.05) is 0 Å². The number of aliphatic hydroxyl groups excluding tert-OH is 1. The van der Waals surface area contributed by atoms with Gasteiger partial charge >= 0.3 is 6.18 Å². The van der Waals surface area contributed by atoms with Gasteiger partial charge in [-0.05, 0) is 25.1 Å². The predicted octanol–water partition coefficient (Wildman–Crippen LogP) is 3.36. The molecule has 1 heterocycles. The van der Waals surface area contributed by atoms with Crippen LogP contribution < -0.4 is 0 Å². The number of pyridine rings is 1. The second kappa shape index (κ2) is 6.15. The Bertz CT molecular complexity index is 712. The zero-order valence-corrected chi connectivity index (χ0v) is 11.6. The summed E-state index contributed by atoms with van der Waals surface area (Å²) in [5.74, 6) is -0.165. The number of aryl methyl sites for hydroxylation is 1. The Kier molecular flexibility index (Phi) is 4.46. The van der Waals surface area contributed by atoms with Gasteiger partial charge in [0.2, 0.25) is 0 Å². The number of aromatic nitrogens is 1. The van der Waals surface area contributed by atoms with E-state index in [4.69, 9.17) is 0 Å². The van der Waals surface area contributed by atoms with Crippen molar-refractivity contribution in [2.24, 2.45) is 4.99 Å². The number of rotatable bonds is 3. The molecule has 2 N–H and O–H groups in total. The quantitative estimate of drug-likeness (QED) is 0.854. The summed E-state index contributed by atoms with van der Waals surface area (Å²) in [5.41, 5.74) is 0.182. The van der Waals surface area contributed by atoms with E-state index in [0.717, 1.165) is 12.1 Å². The molecule has 1 aromatic carbocycles. The number of nitrogens with zero attached hydrogens (tertiary/aromatic N) is 2. The van der Waals surface area contributed by atoms with Gasteiger partial charge in [0.25, 0.3) is 0 Å².